The molecule has 0 spiro atoms. The van der Waals surface area contributed by atoms with Crippen molar-refractivity contribution in [1.82, 2.24) is 4.98 Å². The molecule has 0 bridgehead atoms. The summed E-state index contributed by atoms with van der Waals surface area (Å²) >= 11 is 0. The average molecular weight is 144 g/mol. The van der Waals surface area contributed by atoms with Crippen molar-refractivity contribution < 1.29 is 1.37 Å². The first-order valence-electron chi connectivity index (χ1n) is 4.10. The molecule has 0 aliphatic carbocycles. The Kier molecular flexibility index (Phi) is 1.13. The van der Waals surface area contributed by atoms with Gasteiger partial charge < -0.3 is 0 Å². The molecule has 0 amide bonds. The molecule has 0 aliphatic rings. The van der Waals surface area contributed by atoms with Gasteiger partial charge in [0.1, 0.15) is 0 Å². The molecular weight excluding hydrogens is 134 g/mol. The van der Waals surface area contributed by atoms with Crippen LogP contribution in [0.3, 0.4) is 0 Å². The number of hydrogen-bond donors (Lipinski definition) is 0. The lowest BCUT2D eigenvalue weighted by molar-refractivity contribution is 1.26. The van der Waals surface area contributed by atoms with E-state index in [1.165, 1.54) is 0 Å². The molecule has 11 heavy (non-hydrogen) atoms. The third-order valence-electron chi connectivity index (χ3n) is 1.66. The van der Waals surface area contributed by atoms with Crippen LogP contribution in [0, 0.1) is 6.92 Å². The molecule has 1 nitrogen and oxygen atoms in total. The van der Waals surface area contributed by atoms with Crippen LogP contribution in [0.25, 0.3) is 10.9 Å². The van der Waals surface area contributed by atoms with Gasteiger partial charge in [0.15, 0.2) is 0 Å². The highest BCUT2D eigenvalue weighted by Gasteiger charge is 1.90. The molecule has 0 aliphatic heterocycles. The molecule has 0 N–H and O–H groups in total. The average Bonchev–Trinajstić information content (AvgIpc) is 2.07. The summed E-state index contributed by atoms with van der Waals surface area (Å²) in [5.41, 5.74) is 1.75. The molecule has 1 heterocycles. The number of fused-ring (bicyclic) bond motifs is 1. The van der Waals surface area contributed by atoms with Crippen molar-refractivity contribution >= 4 is 10.9 Å². The van der Waals surface area contributed by atoms with E-state index >= 15 is 0 Å². The summed E-state index contributed by atoms with van der Waals surface area (Å²) in [5, 5.41) is 1.04. The van der Waals surface area contributed by atoms with E-state index in [0.717, 1.165) is 16.6 Å². The predicted octanol–water partition coefficient (Wildman–Crippen LogP) is 2.54. The minimum Gasteiger partial charge on any atom is -0.253 e. The summed E-state index contributed by atoms with van der Waals surface area (Å²) in [6.07, 6.45) is 0. The maximum Gasteiger partial charge on any atom is 0.0705 e. The first kappa shape index (κ1) is 5.30. The number of pyridine rings is 1. The molecule has 0 radical (unpaired) electrons. The lowest BCUT2D eigenvalue weighted by Crippen LogP contribution is -1.80. The van der Waals surface area contributed by atoms with E-state index in [2.05, 4.69) is 4.98 Å². The minimum absolute atomic E-state index is 0.508. The molecule has 2 aromatic rings. The van der Waals surface area contributed by atoms with Crippen molar-refractivity contribution in [3.63, 3.8) is 0 Å². The van der Waals surface area contributed by atoms with Gasteiger partial charge >= 0.3 is 0 Å². The highest BCUT2D eigenvalue weighted by molar-refractivity contribution is 5.78. The van der Waals surface area contributed by atoms with Gasteiger partial charge in [-0.1, -0.05) is 24.3 Å². The van der Waals surface area contributed by atoms with Crippen molar-refractivity contribution in [3.8, 4) is 0 Å². The van der Waals surface area contributed by atoms with E-state index in [1.807, 2.05) is 37.3 Å². The minimum atomic E-state index is 0.508. The number of benzene rings is 1. The van der Waals surface area contributed by atoms with Gasteiger partial charge in [-0.25, -0.2) is 0 Å². The van der Waals surface area contributed by atoms with Crippen LogP contribution in [0.4, 0.5) is 0 Å². The summed E-state index contributed by atoms with van der Waals surface area (Å²) in [4.78, 5) is 4.29. The Morgan fingerprint density at radius 3 is 3.00 bits per heavy atom. The fourth-order valence-corrected chi connectivity index (χ4v) is 1.11. The standard InChI is InChI=1S/C10H9N/c1-8-6-7-9-4-2-3-5-10(9)11-8/h2-7H,1H3/i6D. The van der Waals surface area contributed by atoms with Crippen molar-refractivity contribution in [1.29, 1.82) is 0 Å². The number of nitrogens with zero attached hydrogens (tertiary/aromatic N) is 1. The summed E-state index contributed by atoms with van der Waals surface area (Å²) in [6.45, 7) is 1.86. The van der Waals surface area contributed by atoms with Gasteiger partial charge in [-0.3, -0.25) is 4.98 Å². The Morgan fingerprint density at radius 1 is 1.27 bits per heavy atom. The Balaban J connectivity index is 2.84. The highest BCUT2D eigenvalue weighted by Crippen LogP contribution is 2.10. The third kappa shape index (κ3) is 1.09. The number of hydrogen-bond acceptors (Lipinski definition) is 1. The van der Waals surface area contributed by atoms with E-state index in [-0.39, 0.29) is 0 Å². The van der Waals surface area contributed by atoms with E-state index in [4.69, 9.17) is 1.37 Å². The van der Waals surface area contributed by atoms with Crippen molar-refractivity contribution in [2.75, 3.05) is 0 Å². The molecule has 1 heteroatoms. The lowest BCUT2D eigenvalue weighted by atomic mass is 10.2. The smallest absolute Gasteiger partial charge is 0.0705 e. The summed E-state index contributed by atoms with van der Waals surface area (Å²) < 4.78 is 7.54. The molecule has 1 aromatic heterocycles. The van der Waals surface area contributed by atoms with Crippen LogP contribution >= 0.6 is 0 Å². The third-order valence-corrected chi connectivity index (χ3v) is 1.66. The molecule has 2 rings (SSSR count). The first-order chi connectivity index (χ1) is 5.77. The number of rotatable bonds is 0. The summed E-state index contributed by atoms with van der Waals surface area (Å²) in [6, 6.07) is 10.2. The Morgan fingerprint density at radius 2 is 2.09 bits per heavy atom. The number of para-hydroxylation sites is 1. The number of aromatic nitrogens is 1. The SMILES string of the molecule is [2H]c1cc2ccccc2nc1C. The molecule has 0 saturated heterocycles. The number of aryl methyl sites for hydroxylation is 1. The second-order valence-electron chi connectivity index (χ2n) is 2.54. The van der Waals surface area contributed by atoms with Crippen LogP contribution in [0.5, 0.6) is 0 Å². The zero-order valence-electron chi connectivity index (χ0n) is 7.33. The Labute approximate surface area is 67.1 Å². The summed E-state index contributed by atoms with van der Waals surface area (Å²) in [5.74, 6) is 0. The second kappa shape index (κ2) is 2.35. The fraction of sp³-hybridized carbons (Fsp3) is 0.100. The second-order valence-corrected chi connectivity index (χ2v) is 2.54. The van der Waals surface area contributed by atoms with Crippen LogP contribution in [-0.4, -0.2) is 4.98 Å². The Bertz CT molecular complexity index is 383. The largest absolute Gasteiger partial charge is 0.253 e. The fourth-order valence-electron chi connectivity index (χ4n) is 1.11. The van der Waals surface area contributed by atoms with Gasteiger partial charge in [-0.15, -0.1) is 0 Å². The molecule has 0 atom stereocenters. The van der Waals surface area contributed by atoms with Crippen LogP contribution in [0.1, 0.15) is 7.06 Å². The van der Waals surface area contributed by atoms with Gasteiger partial charge in [0.2, 0.25) is 0 Å². The predicted molar refractivity (Wildman–Crippen MR) is 46.5 cm³/mol. The van der Waals surface area contributed by atoms with Crippen molar-refractivity contribution in [2.45, 2.75) is 6.92 Å². The van der Waals surface area contributed by atoms with Gasteiger partial charge in [0.05, 0.1) is 6.89 Å². The van der Waals surface area contributed by atoms with Crippen LogP contribution in [0.2, 0.25) is 0 Å². The van der Waals surface area contributed by atoms with Crippen LogP contribution < -0.4 is 0 Å². The van der Waals surface area contributed by atoms with E-state index in [9.17, 15) is 0 Å². The normalized spacial score (nSPS) is 11.5. The zero-order valence-corrected chi connectivity index (χ0v) is 6.33. The highest BCUT2D eigenvalue weighted by atomic mass is 14.7. The maximum absolute atomic E-state index is 7.54. The van der Waals surface area contributed by atoms with Crippen molar-refractivity contribution in [2.24, 2.45) is 0 Å². The Hall–Kier alpha value is -1.37. The van der Waals surface area contributed by atoms with Gasteiger partial charge in [0, 0.05) is 11.1 Å². The van der Waals surface area contributed by atoms with Crippen LogP contribution in [0.15, 0.2) is 36.4 Å². The topological polar surface area (TPSA) is 12.9 Å². The van der Waals surface area contributed by atoms with E-state index < -0.39 is 0 Å². The first-order valence-corrected chi connectivity index (χ1v) is 3.60. The summed E-state index contributed by atoms with van der Waals surface area (Å²) in [7, 11) is 0. The lowest BCUT2D eigenvalue weighted by Gasteiger charge is -1.95. The molecule has 54 valence electrons. The van der Waals surface area contributed by atoms with Gasteiger partial charge in [0.25, 0.3) is 0 Å². The maximum atomic E-state index is 7.54. The quantitative estimate of drug-likeness (QED) is 0.553. The molecule has 0 saturated carbocycles. The molecule has 1 aromatic carbocycles. The van der Waals surface area contributed by atoms with E-state index in [0.29, 0.717) is 6.04 Å². The van der Waals surface area contributed by atoms with Gasteiger partial charge in [-0.05, 0) is 19.0 Å². The molecule has 0 fully saturated rings. The van der Waals surface area contributed by atoms with E-state index in [1.54, 1.807) is 0 Å². The monoisotopic (exact) mass is 144 g/mol. The van der Waals surface area contributed by atoms with Crippen molar-refractivity contribution in [3.05, 3.63) is 42.1 Å². The molecule has 0 unspecified atom stereocenters. The van der Waals surface area contributed by atoms with Crippen LogP contribution in [-0.2, 0) is 0 Å². The zero-order chi connectivity index (χ0) is 8.55. The molecular formula is C10H9N. The van der Waals surface area contributed by atoms with Gasteiger partial charge in [-0.2, -0.15) is 0 Å².